The molecule has 0 fully saturated rings. The number of fused-ring (bicyclic) bond motifs is 2. The number of aromatic amines is 1. The second-order valence-corrected chi connectivity index (χ2v) is 5.88. The lowest BCUT2D eigenvalue weighted by atomic mass is 10.1. The predicted molar refractivity (Wildman–Crippen MR) is 97.1 cm³/mol. The molecule has 0 spiro atoms. The second-order valence-electron chi connectivity index (χ2n) is 5.88. The summed E-state index contributed by atoms with van der Waals surface area (Å²) >= 11 is 0. The number of furan rings is 1. The number of carbonyl (C=O) groups is 1. The molecule has 2 aromatic carbocycles. The number of amides is 1. The number of ether oxygens (including phenoxy) is 1. The smallest absolute Gasteiger partial charge is 0.287 e. The van der Waals surface area contributed by atoms with Crippen molar-refractivity contribution in [3.8, 4) is 5.75 Å². The molecule has 4 rings (SSSR count). The fraction of sp³-hybridized carbons (Fsp3) is 0.150. The summed E-state index contributed by atoms with van der Waals surface area (Å²) < 4.78 is 10.9. The number of aromatic nitrogens is 1. The molecule has 25 heavy (non-hydrogen) atoms. The first-order valence-corrected chi connectivity index (χ1v) is 8.15. The van der Waals surface area contributed by atoms with E-state index in [1.54, 1.807) is 13.2 Å². The number of rotatable bonds is 5. The van der Waals surface area contributed by atoms with Gasteiger partial charge in [0.1, 0.15) is 11.3 Å². The van der Waals surface area contributed by atoms with Crippen LogP contribution in [0.3, 0.4) is 0 Å². The van der Waals surface area contributed by atoms with Gasteiger partial charge in [0.2, 0.25) is 0 Å². The minimum atomic E-state index is -0.200. The van der Waals surface area contributed by atoms with Gasteiger partial charge in [0.05, 0.1) is 7.11 Å². The van der Waals surface area contributed by atoms with Gasteiger partial charge in [-0.05, 0) is 42.3 Å². The zero-order valence-corrected chi connectivity index (χ0v) is 13.8. The molecule has 0 atom stereocenters. The van der Waals surface area contributed by atoms with Crippen molar-refractivity contribution >= 4 is 27.8 Å². The number of methoxy groups -OCH3 is 1. The zero-order chi connectivity index (χ0) is 17.2. The Balaban J connectivity index is 1.44. The molecule has 2 aromatic heterocycles. The summed E-state index contributed by atoms with van der Waals surface area (Å²) in [6.07, 6.45) is 2.69. The number of H-pyrrole nitrogens is 1. The normalized spacial score (nSPS) is 11.1. The van der Waals surface area contributed by atoms with Crippen molar-refractivity contribution in [3.05, 3.63) is 66.1 Å². The Hall–Kier alpha value is -3.21. The molecule has 0 aliphatic rings. The highest BCUT2D eigenvalue weighted by atomic mass is 16.5. The Kier molecular flexibility index (Phi) is 3.90. The van der Waals surface area contributed by atoms with Crippen molar-refractivity contribution < 1.29 is 13.9 Å². The number of nitrogens with one attached hydrogen (secondary N) is 2. The molecule has 5 heteroatoms. The van der Waals surface area contributed by atoms with E-state index in [1.807, 2.05) is 48.7 Å². The summed E-state index contributed by atoms with van der Waals surface area (Å²) in [7, 11) is 1.65. The number of benzene rings is 2. The molecule has 126 valence electrons. The summed E-state index contributed by atoms with van der Waals surface area (Å²) in [6.45, 7) is 0.528. The van der Waals surface area contributed by atoms with E-state index in [0.29, 0.717) is 12.3 Å². The van der Waals surface area contributed by atoms with E-state index in [4.69, 9.17) is 9.15 Å². The fourth-order valence-electron chi connectivity index (χ4n) is 2.98. The molecule has 2 N–H and O–H groups in total. The topological polar surface area (TPSA) is 67.3 Å². The summed E-state index contributed by atoms with van der Waals surface area (Å²) in [5.74, 6) is 0.954. The molecular weight excluding hydrogens is 316 g/mol. The monoisotopic (exact) mass is 334 g/mol. The van der Waals surface area contributed by atoms with Crippen LogP contribution in [0.15, 0.2) is 59.1 Å². The molecule has 2 heterocycles. The molecule has 0 aliphatic heterocycles. The highest BCUT2D eigenvalue weighted by molar-refractivity contribution is 5.96. The van der Waals surface area contributed by atoms with Crippen molar-refractivity contribution in [1.29, 1.82) is 0 Å². The standard InChI is InChI=1S/C20H18N2O3/c1-24-15-6-7-17-16(11-15)14(12-22-17)8-9-21-20(23)19-10-13-4-2-3-5-18(13)25-19/h2-7,10-12,22H,8-9H2,1H3,(H,21,23). The average Bonchev–Trinajstić information content (AvgIpc) is 3.25. The van der Waals surface area contributed by atoms with Gasteiger partial charge in [-0.3, -0.25) is 4.79 Å². The van der Waals surface area contributed by atoms with Crippen LogP contribution in [0.25, 0.3) is 21.9 Å². The van der Waals surface area contributed by atoms with Crippen LogP contribution in [0.5, 0.6) is 5.75 Å². The maximum absolute atomic E-state index is 12.3. The van der Waals surface area contributed by atoms with E-state index in [-0.39, 0.29) is 5.91 Å². The van der Waals surface area contributed by atoms with E-state index in [9.17, 15) is 4.79 Å². The predicted octanol–water partition coefficient (Wildman–Crippen LogP) is 3.90. The van der Waals surface area contributed by atoms with Crippen LogP contribution in [-0.2, 0) is 6.42 Å². The fourth-order valence-corrected chi connectivity index (χ4v) is 2.98. The largest absolute Gasteiger partial charge is 0.497 e. The first-order valence-electron chi connectivity index (χ1n) is 8.15. The second kappa shape index (κ2) is 6.36. The zero-order valence-electron chi connectivity index (χ0n) is 13.8. The third-order valence-electron chi connectivity index (χ3n) is 4.30. The van der Waals surface area contributed by atoms with Crippen molar-refractivity contribution in [2.75, 3.05) is 13.7 Å². The van der Waals surface area contributed by atoms with Crippen LogP contribution >= 0.6 is 0 Å². The molecule has 0 saturated heterocycles. The molecule has 4 aromatic rings. The van der Waals surface area contributed by atoms with Gasteiger partial charge >= 0.3 is 0 Å². The third-order valence-corrected chi connectivity index (χ3v) is 4.30. The molecule has 0 aliphatic carbocycles. The number of hydrogen-bond donors (Lipinski definition) is 2. The number of carbonyl (C=O) groups excluding carboxylic acids is 1. The first-order chi connectivity index (χ1) is 12.2. The van der Waals surface area contributed by atoms with Crippen LogP contribution < -0.4 is 10.1 Å². The SMILES string of the molecule is COc1ccc2[nH]cc(CCNC(=O)c3cc4ccccc4o3)c2c1. The minimum absolute atomic E-state index is 0.200. The molecule has 1 amide bonds. The van der Waals surface area contributed by atoms with Gasteiger partial charge in [-0.15, -0.1) is 0 Å². The molecule has 0 radical (unpaired) electrons. The van der Waals surface area contributed by atoms with Crippen LogP contribution in [-0.4, -0.2) is 24.5 Å². The first kappa shape index (κ1) is 15.3. The molecule has 0 bridgehead atoms. The third kappa shape index (κ3) is 2.96. The van der Waals surface area contributed by atoms with Gasteiger partial charge in [-0.25, -0.2) is 0 Å². The Bertz CT molecular complexity index is 1010. The van der Waals surface area contributed by atoms with Crippen molar-refractivity contribution in [2.24, 2.45) is 0 Å². The lowest BCUT2D eigenvalue weighted by Crippen LogP contribution is -2.25. The van der Waals surface area contributed by atoms with Gasteiger partial charge in [0, 0.05) is 29.0 Å². The molecular formula is C20H18N2O3. The Morgan fingerprint density at radius 3 is 2.92 bits per heavy atom. The number of para-hydroxylation sites is 1. The van der Waals surface area contributed by atoms with Gasteiger partial charge in [-0.2, -0.15) is 0 Å². The van der Waals surface area contributed by atoms with Gasteiger partial charge in [-0.1, -0.05) is 18.2 Å². The van der Waals surface area contributed by atoms with Crippen LogP contribution in [0.1, 0.15) is 16.1 Å². The van der Waals surface area contributed by atoms with E-state index in [0.717, 1.165) is 39.6 Å². The van der Waals surface area contributed by atoms with Gasteiger partial charge in [0.15, 0.2) is 5.76 Å². The summed E-state index contributed by atoms with van der Waals surface area (Å²) in [5.41, 5.74) is 2.91. The van der Waals surface area contributed by atoms with E-state index < -0.39 is 0 Å². The Morgan fingerprint density at radius 2 is 2.08 bits per heavy atom. The van der Waals surface area contributed by atoms with Gasteiger partial charge < -0.3 is 19.5 Å². The van der Waals surface area contributed by atoms with E-state index >= 15 is 0 Å². The minimum Gasteiger partial charge on any atom is -0.497 e. The van der Waals surface area contributed by atoms with Crippen LogP contribution in [0, 0.1) is 0 Å². The summed E-state index contributed by atoms with van der Waals surface area (Å²) in [6, 6.07) is 15.3. The highest BCUT2D eigenvalue weighted by Gasteiger charge is 2.12. The Labute approximate surface area is 144 Å². The maximum Gasteiger partial charge on any atom is 0.287 e. The lowest BCUT2D eigenvalue weighted by Gasteiger charge is -2.04. The van der Waals surface area contributed by atoms with Crippen molar-refractivity contribution in [1.82, 2.24) is 10.3 Å². The van der Waals surface area contributed by atoms with E-state index in [1.165, 1.54) is 0 Å². The van der Waals surface area contributed by atoms with Crippen LogP contribution in [0.2, 0.25) is 0 Å². The quantitative estimate of drug-likeness (QED) is 0.582. The van der Waals surface area contributed by atoms with Gasteiger partial charge in [0.25, 0.3) is 5.91 Å². The molecule has 5 nitrogen and oxygen atoms in total. The molecule has 0 unspecified atom stereocenters. The Morgan fingerprint density at radius 1 is 1.20 bits per heavy atom. The lowest BCUT2D eigenvalue weighted by molar-refractivity contribution is 0.0928. The number of hydrogen-bond acceptors (Lipinski definition) is 3. The maximum atomic E-state index is 12.3. The summed E-state index contributed by atoms with van der Waals surface area (Å²) in [5, 5.41) is 4.95. The molecule has 0 saturated carbocycles. The highest BCUT2D eigenvalue weighted by Crippen LogP contribution is 2.24. The average molecular weight is 334 g/mol. The van der Waals surface area contributed by atoms with Crippen LogP contribution in [0.4, 0.5) is 0 Å². The van der Waals surface area contributed by atoms with E-state index in [2.05, 4.69) is 10.3 Å². The summed E-state index contributed by atoms with van der Waals surface area (Å²) in [4.78, 5) is 15.5. The van der Waals surface area contributed by atoms with Crippen molar-refractivity contribution in [3.63, 3.8) is 0 Å². The van der Waals surface area contributed by atoms with Crippen molar-refractivity contribution in [2.45, 2.75) is 6.42 Å².